The van der Waals surface area contributed by atoms with E-state index in [9.17, 15) is 13.2 Å². The van der Waals surface area contributed by atoms with Gasteiger partial charge in [-0.25, -0.2) is 23.1 Å². The van der Waals surface area contributed by atoms with Crippen LogP contribution in [0.25, 0.3) is 22.9 Å². The quantitative estimate of drug-likeness (QED) is 0.559. The maximum Gasteiger partial charge on any atom is 0.180 e. The molecule has 0 spiro atoms. The molecule has 0 aliphatic heterocycles. The minimum Gasteiger partial charge on any atom is -0.364 e. The van der Waals surface area contributed by atoms with Crippen LogP contribution >= 0.6 is 0 Å². The predicted octanol–water partition coefficient (Wildman–Crippen LogP) is 3.46. The Kier molecular flexibility index (Phi) is 3.96. The van der Waals surface area contributed by atoms with Crippen LogP contribution in [0.5, 0.6) is 0 Å². The molecule has 26 heavy (non-hydrogen) atoms. The summed E-state index contributed by atoms with van der Waals surface area (Å²) in [4.78, 5) is 7.77. The number of halogens is 3. The molecule has 0 saturated carbocycles. The molecule has 0 saturated heterocycles. The van der Waals surface area contributed by atoms with Gasteiger partial charge in [0.2, 0.25) is 0 Å². The smallest absolute Gasteiger partial charge is 0.180 e. The Hall–Kier alpha value is -3.49. The lowest BCUT2D eigenvalue weighted by atomic mass is 10.2. The van der Waals surface area contributed by atoms with Crippen LogP contribution in [0.1, 0.15) is 5.56 Å². The summed E-state index contributed by atoms with van der Waals surface area (Å²) in [6.45, 7) is -0.0486. The molecule has 3 aromatic heterocycles. The fraction of sp³-hybridized carbons (Fsp3) is 0.0588. The first-order valence-electron chi connectivity index (χ1n) is 7.51. The van der Waals surface area contributed by atoms with Crippen LogP contribution in [0, 0.1) is 17.5 Å². The summed E-state index contributed by atoms with van der Waals surface area (Å²) < 4.78 is 46.8. The molecule has 0 N–H and O–H groups in total. The zero-order valence-corrected chi connectivity index (χ0v) is 13.1. The van der Waals surface area contributed by atoms with E-state index in [4.69, 9.17) is 4.52 Å². The first-order chi connectivity index (χ1) is 12.6. The molecule has 6 nitrogen and oxygen atoms in total. The van der Waals surface area contributed by atoms with Gasteiger partial charge in [0, 0.05) is 11.6 Å². The van der Waals surface area contributed by atoms with E-state index in [-0.39, 0.29) is 17.9 Å². The van der Waals surface area contributed by atoms with Gasteiger partial charge < -0.3 is 4.52 Å². The van der Waals surface area contributed by atoms with Crippen molar-refractivity contribution in [3.63, 3.8) is 0 Å². The summed E-state index contributed by atoms with van der Waals surface area (Å²) in [5, 5.41) is 8.18. The number of aromatic nitrogens is 5. The van der Waals surface area contributed by atoms with E-state index in [1.54, 1.807) is 12.1 Å². The first-order valence-corrected chi connectivity index (χ1v) is 7.51. The van der Waals surface area contributed by atoms with Crippen molar-refractivity contribution in [2.75, 3.05) is 0 Å². The summed E-state index contributed by atoms with van der Waals surface area (Å²) in [6, 6.07) is 7.13. The van der Waals surface area contributed by atoms with Gasteiger partial charge in [-0.05, 0) is 12.1 Å². The molecule has 0 aliphatic carbocycles. The van der Waals surface area contributed by atoms with Gasteiger partial charge in [0.05, 0.1) is 24.6 Å². The van der Waals surface area contributed by atoms with Crippen LogP contribution < -0.4 is 0 Å². The second-order valence-corrected chi connectivity index (χ2v) is 5.39. The monoisotopic (exact) mass is 357 g/mol. The molecule has 4 rings (SSSR count). The van der Waals surface area contributed by atoms with Crippen molar-refractivity contribution in [1.82, 2.24) is 24.9 Å². The number of hydrogen-bond donors (Lipinski definition) is 0. The lowest BCUT2D eigenvalue weighted by molar-refractivity contribution is 0.421. The Morgan fingerprint density at radius 1 is 1.00 bits per heavy atom. The Morgan fingerprint density at radius 3 is 2.54 bits per heavy atom. The fourth-order valence-electron chi connectivity index (χ4n) is 2.47. The molecule has 130 valence electrons. The van der Waals surface area contributed by atoms with Crippen molar-refractivity contribution in [2.45, 2.75) is 6.54 Å². The fourth-order valence-corrected chi connectivity index (χ4v) is 2.47. The van der Waals surface area contributed by atoms with Gasteiger partial charge >= 0.3 is 0 Å². The lowest BCUT2D eigenvalue weighted by Gasteiger charge is -2.07. The molecular formula is C17H10F3N5O. The molecule has 0 unspecified atom stereocenters. The third-order valence-electron chi connectivity index (χ3n) is 3.68. The standard InChI is InChI=1S/C17H10F3N5O/c18-11-7-21-17(22-8-11)14-6-15(13-4-5-26-24-13)25(23-14)9-10-2-1-3-12(19)16(10)20/h1-8H,9H2. The normalized spacial score (nSPS) is 11.0. The van der Waals surface area contributed by atoms with E-state index in [1.165, 1.54) is 23.1 Å². The maximum atomic E-state index is 14.0. The van der Waals surface area contributed by atoms with Crippen molar-refractivity contribution >= 4 is 0 Å². The highest BCUT2D eigenvalue weighted by atomic mass is 19.2. The number of hydrogen-bond acceptors (Lipinski definition) is 5. The zero-order valence-electron chi connectivity index (χ0n) is 13.1. The summed E-state index contributed by atoms with van der Waals surface area (Å²) in [7, 11) is 0. The van der Waals surface area contributed by atoms with Gasteiger partial charge in [0.25, 0.3) is 0 Å². The molecule has 0 aliphatic rings. The maximum absolute atomic E-state index is 14.0. The van der Waals surface area contributed by atoms with Crippen LogP contribution in [0.15, 0.2) is 53.5 Å². The highest BCUT2D eigenvalue weighted by Crippen LogP contribution is 2.25. The minimum absolute atomic E-state index is 0.0486. The van der Waals surface area contributed by atoms with E-state index >= 15 is 0 Å². The van der Waals surface area contributed by atoms with Crippen LogP contribution in [0.4, 0.5) is 13.2 Å². The Balaban J connectivity index is 1.79. The second kappa shape index (κ2) is 6.43. The molecule has 1 aromatic carbocycles. The van der Waals surface area contributed by atoms with Gasteiger partial charge in [-0.3, -0.25) is 4.68 Å². The van der Waals surface area contributed by atoms with Gasteiger partial charge in [-0.1, -0.05) is 17.3 Å². The molecular weight excluding hydrogens is 347 g/mol. The van der Waals surface area contributed by atoms with E-state index in [1.807, 2.05) is 0 Å². The number of benzene rings is 1. The molecule has 0 fully saturated rings. The van der Waals surface area contributed by atoms with Gasteiger partial charge in [0.1, 0.15) is 17.7 Å². The van der Waals surface area contributed by atoms with Crippen molar-refractivity contribution in [3.8, 4) is 22.9 Å². The largest absolute Gasteiger partial charge is 0.364 e. The Labute approximate surface area is 144 Å². The SMILES string of the molecule is Fc1cnc(-c2cc(-c3ccon3)n(Cc3cccc(F)c3F)n2)nc1. The van der Waals surface area contributed by atoms with Crippen LogP contribution in [0.2, 0.25) is 0 Å². The topological polar surface area (TPSA) is 69.6 Å². The predicted molar refractivity (Wildman–Crippen MR) is 84.2 cm³/mol. The minimum atomic E-state index is -0.950. The molecule has 0 radical (unpaired) electrons. The van der Waals surface area contributed by atoms with Crippen LogP contribution in [0.3, 0.4) is 0 Å². The van der Waals surface area contributed by atoms with E-state index in [0.29, 0.717) is 17.1 Å². The van der Waals surface area contributed by atoms with Gasteiger partial charge in [-0.2, -0.15) is 5.10 Å². The highest BCUT2D eigenvalue weighted by molar-refractivity contribution is 5.62. The average molecular weight is 357 g/mol. The van der Waals surface area contributed by atoms with Crippen molar-refractivity contribution in [3.05, 3.63) is 72.0 Å². The highest BCUT2D eigenvalue weighted by Gasteiger charge is 2.17. The molecule has 4 aromatic rings. The molecule has 0 amide bonds. The van der Waals surface area contributed by atoms with Crippen LogP contribution in [-0.2, 0) is 6.54 Å². The van der Waals surface area contributed by atoms with Gasteiger partial charge in [0.15, 0.2) is 23.3 Å². The summed E-state index contributed by atoms with van der Waals surface area (Å²) in [5.41, 5.74) is 1.39. The molecule has 0 atom stereocenters. The average Bonchev–Trinajstić information content (AvgIpc) is 3.29. The van der Waals surface area contributed by atoms with Crippen molar-refractivity contribution < 1.29 is 17.7 Å². The van der Waals surface area contributed by atoms with E-state index in [0.717, 1.165) is 18.5 Å². The van der Waals surface area contributed by atoms with Crippen LogP contribution in [-0.4, -0.2) is 24.9 Å². The number of rotatable bonds is 4. The Morgan fingerprint density at radius 2 is 1.81 bits per heavy atom. The van der Waals surface area contributed by atoms with E-state index in [2.05, 4.69) is 20.2 Å². The summed E-state index contributed by atoms with van der Waals surface area (Å²) in [6.07, 6.45) is 3.41. The summed E-state index contributed by atoms with van der Waals surface area (Å²) >= 11 is 0. The van der Waals surface area contributed by atoms with E-state index < -0.39 is 17.5 Å². The Bertz CT molecular complexity index is 1040. The van der Waals surface area contributed by atoms with Crippen molar-refractivity contribution in [2.24, 2.45) is 0 Å². The third-order valence-corrected chi connectivity index (χ3v) is 3.68. The summed E-state index contributed by atoms with van der Waals surface area (Å²) in [5.74, 6) is -2.28. The molecule has 3 heterocycles. The number of nitrogens with zero attached hydrogens (tertiary/aromatic N) is 5. The van der Waals surface area contributed by atoms with Crippen molar-refractivity contribution in [1.29, 1.82) is 0 Å². The second-order valence-electron chi connectivity index (χ2n) is 5.39. The zero-order chi connectivity index (χ0) is 18.1. The molecule has 0 bridgehead atoms. The van der Waals surface area contributed by atoms with Gasteiger partial charge in [-0.15, -0.1) is 0 Å². The first kappa shape index (κ1) is 16.0. The lowest BCUT2D eigenvalue weighted by Crippen LogP contribution is -2.07. The molecule has 9 heteroatoms. The third kappa shape index (κ3) is 2.94.